The number of fused-ring (bicyclic) bond motifs is 1. The van der Waals surface area contributed by atoms with E-state index in [2.05, 4.69) is 22.3 Å². The highest BCUT2D eigenvalue weighted by atomic mass is 19.3. The molecule has 5 rings (SSSR count). The number of imide groups is 1. The largest absolute Gasteiger partial charge is 0.396 e. The molecular formula is C29H34F2N6O4. The van der Waals surface area contributed by atoms with Gasteiger partial charge in [0, 0.05) is 39.3 Å². The Kier molecular flexibility index (Phi) is 8.54. The molecule has 218 valence electrons. The van der Waals surface area contributed by atoms with Gasteiger partial charge in [-0.1, -0.05) is 17.9 Å². The molecule has 2 aromatic heterocycles. The number of imidazole rings is 1. The smallest absolute Gasteiger partial charge is 0.329 e. The number of hydrogen-bond donors (Lipinski definition) is 2. The first-order chi connectivity index (χ1) is 19.7. The summed E-state index contributed by atoms with van der Waals surface area (Å²) in [6.07, 6.45) is 4.28. The van der Waals surface area contributed by atoms with Crippen LogP contribution in [0.2, 0.25) is 0 Å². The molecule has 1 aliphatic heterocycles. The molecular weight excluding hydrogens is 534 g/mol. The number of benzene rings is 1. The second-order valence-electron chi connectivity index (χ2n) is 10.8. The first-order valence-corrected chi connectivity index (χ1v) is 14.0. The van der Waals surface area contributed by atoms with Gasteiger partial charge in [-0.05, 0) is 56.6 Å². The van der Waals surface area contributed by atoms with Crippen molar-refractivity contribution >= 4 is 28.5 Å². The highest BCUT2D eigenvalue weighted by Gasteiger charge is 2.31. The van der Waals surface area contributed by atoms with Crippen molar-refractivity contribution in [3.05, 3.63) is 46.1 Å². The Bertz CT molecular complexity index is 1550. The number of nitrogens with two attached hydrogens (primary N) is 1. The number of aromatic nitrogens is 4. The number of ether oxygens (including phenoxy) is 1. The maximum Gasteiger partial charge on any atom is 0.329 e. The third kappa shape index (κ3) is 6.05. The summed E-state index contributed by atoms with van der Waals surface area (Å²) in [5.74, 6) is 5.97. The zero-order chi connectivity index (χ0) is 29.1. The first-order valence-electron chi connectivity index (χ1n) is 14.0. The minimum Gasteiger partial charge on any atom is -0.396 e. The molecule has 10 nitrogen and oxygen atoms in total. The lowest BCUT2D eigenvalue weighted by atomic mass is 9.86. The molecule has 2 aliphatic rings. The molecule has 12 heteroatoms. The zero-order valence-electron chi connectivity index (χ0n) is 22.9. The van der Waals surface area contributed by atoms with E-state index in [0.29, 0.717) is 42.1 Å². The molecule has 1 aliphatic carbocycles. The average molecular weight is 569 g/mol. The van der Waals surface area contributed by atoms with E-state index < -0.39 is 18.4 Å². The molecule has 3 N–H and O–H groups in total. The molecule has 0 spiro atoms. The number of rotatable bonds is 8. The summed E-state index contributed by atoms with van der Waals surface area (Å²) in [5.41, 5.74) is 7.02. The Morgan fingerprint density at radius 2 is 1.95 bits per heavy atom. The molecule has 1 aromatic carbocycles. The topological polar surface area (TPSA) is 126 Å². The second kappa shape index (κ2) is 12.3. The summed E-state index contributed by atoms with van der Waals surface area (Å²) in [5, 5.41) is 6.31. The Balaban J connectivity index is 1.10. The maximum absolute atomic E-state index is 13.0. The van der Waals surface area contributed by atoms with Crippen LogP contribution in [0.25, 0.3) is 11.0 Å². The number of piperidine rings is 1. The van der Waals surface area contributed by atoms with Crippen molar-refractivity contribution in [3.8, 4) is 11.8 Å². The summed E-state index contributed by atoms with van der Waals surface area (Å²) in [6, 6.07) is 4.80. The molecule has 3 aromatic rings. The maximum atomic E-state index is 13.0. The number of aryl methyl sites for hydroxylation is 1. The van der Waals surface area contributed by atoms with Crippen molar-refractivity contribution in [1.82, 2.24) is 24.2 Å². The molecule has 1 saturated carbocycles. The number of unbranched alkanes of at least 4 members (excludes halogenated alkanes) is 1. The Hall–Kier alpha value is -3.98. The standard InChI is InChI=1S/C29H34F2N6O4/c1-35-26-19(7-5-8-22(26)37(29(35)40)23-13-14-24(38)33-28(23)39)6-3-2-4-15-41-17-18-9-11-20(12-10-18)36-16-21(32)25(34-36)27(30)31/h5,7-8,16,18,20,23,27H,2,4,9-15,17,32H2,1H3,(H,33,38,39)/t18-,20-,23?. The van der Waals surface area contributed by atoms with Gasteiger partial charge < -0.3 is 10.5 Å². The van der Waals surface area contributed by atoms with Crippen LogP contribution in [-0.2, 0) is 21.4 Å². The first kappa shape index (κ1) is 28.5. The lowest BCUT2D eigenvalue weighted by molar-refractivity contribution is -0.135. The molecule has 2 fully saturated rings. The highest BCUT2D eigenvalue weighted by molar-refractivity contribution is 6.00. The fourth-order valence-electron chi connectivity index (χ4n) is 5.79. The normalized spacial score (nSPS) is 21.2. The van der Waals surface area contributed by atoms with Crippen LogP contribution < -0.4 is 16.7 Å². The van der Waals surface area contributed by atoms with Gasteiger partial charge in [-0.2, -0.15) is 5.10 Å². The number of anilines is 1. The van der Waals surface area contributed by atoms with E-state index in [9.17, 15) is 23.2 Å². The molecule has 0 bridgehead atoms. The number of hydrogen-bond acceptors (Lipinski definition) is 6. The van der Waals surface area contributed by atoms with Gasteiger partial charge in [-0.25, -0.2) is 13.6 Å². The van der Waals surface area contributed by atoms with Gasteiger partial charge in [0.15, 0.2) is 5.69 Å². The van der Waals surface area contributed by atoms with E-state index in [1.807, 2.05) is 12.1 Å². The SMILES string of the molecule is Cn1c(=O)n(C2CCC(=O)NC2=O)c2cccc(C#CCCCOC[C@H]3CC[C@H](n4cc(N)c(C(F)F)n4)CC3)c21. The lowest BCUT2D eigenvalue weighted by Gasteiger charge is -2.28. The van der Waals surface area contributed by atoms with E-state index in [1.54, 1.807) is 17.8 Å². The van der Waals surface area contributed by atoms with Crippen LogP contribution in [0, 0.1) is 17.8 Å². The molecule has 0 radical (unpaired) electrons. The van der Waals surface area contributed by atoms with Crippen molar-refractivity contribution in [2.75, 3.05) is 18.9 Å². The number of carbonyl (C=O) groups is 2. The van der Waals surface area contributed by atoms with Crippen molar-refractivity contribution in [2.45, 2.75) is 69.9 Å². The van der Waals surface area contributed by atoms with Crippen LogP contribution in [0.4, 0.5) is 14.5 Å². The quantitative estimate of drug-likeness (QED) is 0.243. The molecule has 3 heterocycles. The molecule has 1 saturated heterocycles. The van der Waals surface area contributed by atoms with Crippen LogP contribution in [-0.4, -0.2) is 43.9 Å². The van der Waals surface area contributed by atoms with Crippen LogP contribution in [0.3, 0.4) is 0 Å². The monoisotopic (exact) mass is 568 g/mol. The number of alkyl halides is 2. The van der Waals surface area contributed by atoms with Crippen LogP contribution >= 0.6 is 0 Å². The summed E-state index contributed by atoms with van der Waals surface area (Å²) in [6.45, 7) is 1.23. The highest BCUT2D eigenvalue weighted by Crippen LogP contribution is 2.34. The fraction of sp³-hybridized carbons (Fsp3) is 0.517. The third-order valence-corrected chi connectivity index (χ3v) is 7.98. The number of para-hydroxylation sites is 1. The summed E-state index contributed by atoms with van der Waals surface area (Å²) in [7, 11) is 1.66. The number of halogens is 2. The van der Waals surface area contributed by atoms with E-state index in [0.717, 1.165) is 32.1 Å². The Labute approximate surface area is 235 Å². The lowest BCUT2D eigenvalue weighted by Crippen LogP contribution is -2.44. The minimum atomic E-state index is -2.67. The third-order valence-electron chi connectivity index (χ3n) is 7.98. The minimum absolute atomic E-state index is 0.0416. The average Bonchev–Trinajstić information content (AvgIpc) is 3.46. The van der Waals surface area contributed by atoms with Gasteiger partial charge in [0.2, 0.25) is 11.8 Å². The van der Waals surface area contributed by atoms with Gasteiger partial charge in [-0.15, -0.1) is 0 Å². The van der Waals surface area contributed by atoms with E-state index in [4.69, 9.17) is 10.5 Å². The van der Waals surface area contributed by atoms with E-state index in [-0.39, 0.29) is 41.9 Å². The molecule has 41 heavy (non-hydrogen) atoms. The predicted molar refractivity (Wildman–Crippen MR) is 148 cm³/mol. The molecule has 2 amide bonds. The number of carbonyl (C=O) groups excluding carboxylic acids is 2. The molecule has 1 atom stereocenters. The van der Waals surface area contributed by atoms with Crippen LogP contribution in [0.1, 0.15) is 81.1 Å². The van der Waals surface area contributed by atoms with Gasteiger partial charge in [-0.3, -0.25) is 28.7 Å². The number of nitrogen functional groups attached to an aromatic ring is 1. The van der Waals surface area contributed by atoms with Gasteiger partial charge in [0.25, 0.3) is 6.43 Å². The van der Waals surface area contributed by atoms with Gasteiger partial charge in [0.1, 0.15) is 6.04 Å². The fourth-order valence-corrected chi connectivity index (χ4v) is 5.79. The van der Waals surface area contributed by atoms with Gasteiger partial charge in [0.05, 0.1) is 28.3 Å². The molecule has 1 unspecified atom stereocenters. The number of nitrogens with one attached hydrogen (secondary N) is 1. The zero-order valence-corrected chi connectivity index (χ0v) is 22.9. The van der Waals surface area contributed by atoms with E-state index in [1.165, 1.54) is 15.3 Å². The summed E-state index contributed by atoms with van der Waals surface area (Å²) < 4.78 is 36.4. The summed E-state index contributed by atoms with van der Waals surface area (Å²) in [4.78, 5) is 37.0. The van der Waals surface area contributed by atoms with Gasteiger partial charge >= 0.3 is 5.69 Å². The number of amides is 2. The van der Waals surface area contributed by atoms with Crippen LogP contribution in [0.15, 0.2) is 29.2 Å². The van der Waals surface area contributed by atoms with E-state index >= 15 is 0 Å². The Morgan fingerprint density at radius 3 is 2.66 bits per heavy atom. The van der Waals surface area contributed by atoms with Crippen molar-refractivity contribution in [3.63, 3.8) is 0 Å². The van der Waals surface area contributed by atoms with Crippen molar-refractivity contribution < 1.29 is 23.1 Å². The van der Waals surface area contributed by atoms with Crippen molar-refractivity contribution in [2.24, 2.45) is 13.0 Å². The van der Waals surface area contributed by atoms with Crippen molar-refractivity contribution in [1.29, 1.82) is 0 Å². The number of nitrogens with zero attached hydrogens (tertiary/aromatic N) is 4. The predicted octanol–water partition coefficient (Wildman–Crippen LogP) is 3.61. The van der Waals surface area contributed by atoms with Crippen LogP contribution in [0.5, 0.6) is 0 Å². The Morgan fingerprint density at radius 1 is 1.17 bits per heavy atom. The second-order valence-corrected chi connectivity index (χ2v) is 10.8. The summed E-state index contributed by atoms with van der Waals surface area (Å²) >= 11 is 0.